The summed E-state index contributed by atoms with van der Waals surface area (Å²) in [5.74, 6) is 3.29. The Kier molecular flexibility index (Phi) is 5.50. The van der Waals surface area contributed by atoms with E-state index in [2.05, 4.69) is 32.7 Å². The Hall–Kier alpha value is -1.24. The van der Waals surface area contributed by atoms with E-state index in [1.807, 2.05) is 11.8 Å². The van der Waals surface area contributed by atoms with Gasteiger partial charge in [0.15, 0.2) is 11.8 Å². The summed E-state index contributed by atoms with van der Waals surface area (Å²) in [5.41, 5.74) is 0. The fraction of sp³-hybridized carbons (Fsp3) is 0.750. The maximum Gasteiger partial charge on any atom is 0.223 e. The molecule has 0 bridgehead atoms. The lowest BCUT2D eigenvalue weighted by Gasteiger charge is -2.14. The van der Waals surface area contributed by atoms with E-state index >= 15 is 0 Å². The van der Waals surface area contributed by atoms with Crippen molar-refractivity contribution in [2.45, 2.75) is 38.5 Å². The SMILES string of the molecule is CCNC(=NCc1noc(C)n1)NCC1CCCS1. The monoisotopic (exact) mass is 283 g/mol. The molecule has 2 heterocycles. The maximum absolute atomic E-state index is 4.92. The average molecular weight is 283 g/mol. The quantitative estimate of drug-likeness (QED) is 0.627. The van der Waals surface area contributed by atoms with Gasteiger partial charge in [-0.05, 0) is 25.5 Å². The third kappa shape index (κ3) is 4.74. The number of aliphatic imine (C=N–C) groups is 1. The minimum absolute atomic E-state index is 0.435. The third-order valence-electron chi connectivity index (χ3n) is 2.81. The third-order valence-corrected chi connectivity index (χ3v) is 4.21. The number of nitrogens with one attached hydrogen (secondary N) is 2. The Morgan fingerprint density at radius 3 is 3.05 bits per heavy atom. The molecule has 2 N–H and O–H groups in total. The molecule has 0 amide bonds. The van der Waals surface area contributed by atoms with Crippen molar-refractivity contribution in [2.75, 3.05) is 18.8 Å². The highest BCUT2D eigenvalue weighted by molar-refractivity contribution is 8.00. The molecule has 19 heavy (non-hydrogen) atoms. The molecular formula is C12H21N5OS. The van der Waals surface area contributed by atoms with Crippen LogP contribution in [0.1, 0.15) is 31.5 Å². The van der Waals surface area contributed by atoms with Crippen LogP contribution in [0.3, 0.4) is 0 Å². The zero-order chi connectivity index (χ0) is 13.5. The fourth-order valence-corrected chi connectivity index (χ4v) is 3.11. The molecule has 106 valence electrons. The second kappa shape index (κ2) is 7.37. The predicted molar refractivity (Wildman–Crippen MR) is 77.3 cm³/mol. The van der Waals surface area contributed by atoms with Crippen molar-refractivity contribution >= 4 is 17.7 Å². The van der Waals surface area contributed by atoms with Gasteiger partial charge in [0, 0.05) is 25.3 Å². The van der Waals surface area contributed by atoms with Crippen LogP contribution in [0, 0.1) is 6.92 Å². The number of hydrogen-bond acceptors (Lipinski definition) is 5. The van der Waals surface area contributed by atoms with Crippen LogP contribution in [0.4, 0.5) is 0 Å². The largest absolute Gasteiger partial charge is 0.357 e. The maximum atomic E-state index is 4.92. The van der Waals surface area contributed by atoms with Crippen LogP contribution >= 0.6 is 11.8 Å². The van der Waals surface area contributed by atoms with Gasteiger partial charge < -0.3 is 15.2 Å². The summed E-state index contributed by atoms with van der Waals surface area (Å²) in [5, 5.41) is 11.1. The van der Waals surface area contributed by atoms with Crippen molar-refractivity contribution in [3.05, 3.63) is 11.7 Å². The summed E-state index contributed by atoms with van der Waals surface area (Å²) >= 11 is 2.04. The van der Waals surface area contributed by atoms with Gasteiger partial charge >= 0.3 is 0 Å². The molecule has 1 atom stereocenters. The van der Waals surface area contributed by atoms with Crippen LogP contribution in [-0.2, 0) is 6.54 Å². The number of nitrogens with zero attached hydrogens (tertiary/aromatic N) is 3. The van der Waals surface area contributed by atoms with Crippen LogP contribution in [0.2, 0.25) is 0 Å². The van der Waals surface area contributed by atoms with Gasteiger partial charge in [0.05, 0.1) is 0 Å². The molecular weight excluding hydrogens is 262 g/mol. The molecule has 1 aliphatic rings. The molecule has 0 radical (unpaired) electrons. The molecule has 6 nitrogen and oxygen atoms in total. The average Bonchev–Trinajstić information content (AvgIpc) is 3.04. The summed E-state index contributed by atoms with van der Waals surface area (Å²) in [4.78, 5) is 8.59. The first-order valence-electron chi connectivity index (χ1n) is 6.71. The van der Waals surface area contributed by atoms with Gasteiger partial charge in [0.2, 0.25) is 5.89 Å². The molecule has 2 rings (SSSR count). The second-order valence-corrected chi connectivity index (χ2v) is 5.85. The summed E-state index contributed by atoms with van der Waals surface area (Å²) in [6.07, 6.45) is 2.62. The first kappa shape index (κ1) is 14.2. The van der Waals surface area contributed by atoms with Gasteiger partial charge in [-0.25, -0.2) is 4.99 Å². The van der Waals surface area contributed by atoms with E-state index in [1.165, 1.54) is 18.6 Å². The molecule has 1 unspecified atom stereocenters. The van der Waals surface area contributed by atoms with E-state index in [0.717, 1.165) is 19.0 Å². The Balaban J connectivity index is 1.83. The highest BCUT2D eigenvalue weighted by atomic mass is 32.2. The Labute approximate surface area is 117 Å². The van der Waals surface area contributed by atoms with E-state index in [4.69, 9.17) is 4.52 Å². The van der Waals surface area contributed by atoms with Gasteiger partial charge in [-0.3, -0.25) is 0 Å². The van der Waals surface area contributed by atoms with Crippen molar-refractivity contribution in [3.63, 3.8) is 0 Å². The Morgan fingerprint density at radius 1 is 1.53 bits per heavy atom. The van der Waals surface area contributed by atoms with Crippen molar-refractivity contribution in [1.29, 1.82) is 0 Å². The van der Waals surface area contributed by atoms with Crippen LogP contribution in [0.5, 0.6) is 0 Å². The normalized spacial score (nSPS) is 19.7. The van der Waals surface area contributed by atoms with Crippen molar-refractivity contribution in [3.8, 4) is 0 Å². The lowest BCUT2D eigenvalue weighted by Crippen LogP contribution is -2.40. The van der Waals surface area contributed by atoms with Crippen LogP contribution < -0.4 is 10.6 Å². The predicted octanol–water partition coefficient (Wildman–Crippen LogP) is 1.33. The number of hydrogen-bond donors (Lipinski definition) is 2. The van der Waals surface area contributed by atoms with Gasteiger partial charge in [-0.1, -0.05) is 5.16 Å². The molecule has 1 aliphatic heterocycles. The highest BCUT2D eigenvalue weighted by Gasteiger charge is 2.15. The summed E-state index contributed by atoms with van der Waals surface area (Å²) in [6.45, 7) is 6.07. The first-order chi connectivity index (χ1) is 9.28. The van der Waals surface area contributed by atoms with Gasteiger partial charge in [-0.2, -0.15) is 16.7 Å². The lowest BCUT2D eigenvalue weighted by molar-refractivity contribution is 0.387. The molecule has 1 aromatic heterocycles. The lowest BCUT2D eigenvalue weighted by atomic mass is 10.2. The first-order valence-corrected chi connectivity index (χ1v) is 7.75. The molecule has 1 aromatic rings. The van der Waals surface area contributed by atoms with Crippen LogP contribution in [-0.4, -0.2) is 40.2 Å². The Bertz CT molecular complexity index is 414. The Morgan fingerprint density at radius 2 is 2.42 bits per heavy atom. The summed E-state index contributed by atoms with van der Waals surface area (Å²) in [6, 6.07) is 0. The summed E-state index contributed by atoms with van der Waals surface area (Å²) in [7, 11) is 0. The number of aryl methyl sites for hydroxylation is 1. The van der Waals surface area contributed by atoms with Gasteiger partial charge in [0.25, 0.3) is 0 Å². The molecule has 0 saturated carbocycles. The molecule has 0 spiro atoms. The summed E-state index contributed by atoms with van der Waals surface area (Å²) < 4.78 is 4.92. The van der Waals surface area contributed by atoms with E-state index in [9.17, 15) is 0 Å². The minimum Gasteiger partial charge on any atom is -0.357 e. The van der Waals surface area contributed by atoms with Crippen LogP contribution in [0.25, 0.3) is 0 Å². The number of thioether (sulfide) groups is 1. The molecule has 1 fully saturated rings. The minimum atomic E-state index is 0.435. The van der Waals surface area contributed by atoms with E-state index in [1.54, 1.807) is 6.92 Å². The number of guanidine groups is 1. The fourth-order valence-electron chi connectivity index (χ4n) is 1.91. The second-order valence-electron chi connectivity index (χ2n) is 4.44. The van der Waals surface area contributed by atoms with Crippen molar-refractivity contribution in [2.24, 2.45) is 4.99 Å². The smallest absolute Gasteiger partial charge is 0.223 e. The standard InChI is InChI=1S/C12H21N5OS/c1-3-13-12(14-7-10-5-4-6-19-10)15-8-11-16-9(2)18-17-11/h10H,3-8H2,1-2H3,(H2,13,14,15). The zero-order valence-electron chi connectivity index (χ0n) is 11.5. The topological polar surface area (TPSA) is 75.3 Å². The van der Waals surface area contributed by atoms with E-state index in [-0.39, 0.29) is 0 Å². The van der Waals surface area contributed by atoms with Crippen molar-refractivity contribution < 1.29 is 4.52 Å². The molecule has 0 aliphatic carbocycles. The van der Waals surface area contributed by atoms with E-state index in [0.29, 0.717) is 23.5 Å². The zero-order valence-corrected chi connectivity index (χ0v) is 12.3. The van der Waals surface area contributed by atoms with Gasteiger partial charge in [-0.15, -0.1) is 0 Å². The number of aromatic nitrogens is 2. The highest BCUT2D eigenvalue weighted by Crippen LogP contribution is 2.25. The van der Waals surface area contributed by atoms with E-state index < -0.39 is 0 Å². The molecule has 0 aromatic carbocycles. The molecule has 1 saturated heterocycles. The van der Waals surface area contributed by atoms with Crippen molar-refractivity contribution in [1.82, 2.24) is 20.8 Å². The molecule has 7 heteroatoms. The van der Waals surface area contributed by atoms with Gasteiger partial charge in [0.1, 0.15) is 6.54 Å². The number of rotatable bonds is 5. The van der Waals surface area contributed by atoms with Crippen LogP contribution in [0.15, 0.2) is 9.52 Å².